The number of sulfonamides is 1. The van der Waals surface area contributed by atoms with Crippen molar-refractivity contribution in [3.8, 4) is 0 Å². The van der Waals surface area contributed by atoms with Crippen LogP contribution in [-0.4, -0.2) is 27.5 Å². The van der Waals surface area contributed by atoms with Crippen molar-refractivity contribution in [2.75, 3.05) is 13.6 Å². The van der Waals surface area contributed by atoms with Crippen LogP contribution in [0.3, 0.4) is 0 Å². The number of hydrogen-bond acceptors (Lipinski definition) is 4. The highest BCUT2D eigenvalue weighted by Gasteiger charge is 2.32. The van der Waals surface area contributed by atoms with E-state index in [0.29, 0.717) is 4.21 Å². The Balaban J connectivity index is 2.07. The molecule has 0 amide bonds. The molecule has 1 saturated carbocycles. The maximum absolute atomic E-state index is 12.5. The van der Waals surface area contributed by atoms with E-state index in [0.717, 1.165) is 43.5 Å². The number of thiophene rings is 1. The highest BCUT2D eigenvalue weighted by molar-refractivity contribution is 7.91. The fourth-order valence-electron chi connectivity index (χ4n) is 2.69. The van der Waals surface area contributed by atoms with Gasteiger partial charge in [0.15, 0.2) is 0 Å². The molecule has 0 atom stereocenters. The molecule has 1 heterocycles. The van der Waals surface area contributed by atoms with Gasteiger partial charge in [0.1, 0.15) is 4.21 Å². The quantitative estimate of drug-likeness (QED) is 0.848. The summed E-state index contributed by atoms with van der Waals surface area (Å²) in [5.41, 5.74) is -0.272. The molecular formula is C14H24N2O2S2. The molecule has 20 heavy (non-hydrogen) atoms. The van der Waals surface area contributed by atoms with Crippen LogP contribution < -0.4 is 10.0 Å². The molecule has 114 valence electrons. The molecule has 6 heteroatoms. The molecule has 0 unspecified atom stereocenters. The van der Waals surface area contributed by atoms with Gasteiger partial charge in [-0.3, -0.25) is 0 Å². The summed E-state index contributed by atoms with van der Waals surface area (Å²) in [5.74, 6) is 0. The van der Waals surface area contributed by atoms with Gasteiger partial charge in [0, 0.05) is 10.4 Å². The van der Waals surface area contributed by atoms with Crippen molar-refractivity contribution in [1.29, 1.82) is 0 Å². The van der Waals surface area contributed by atoms with Crippen molar-refractivity contribution in [1.82, 2.24) is 10.0 Å². The normalized spacial score (nSPS) is 19.1. The summed E-state index contributed by atoms with van der Waals surface area (Å²) in [5, 5.41) is 3.08. The van der Waals surface area contributed by atoms with Crippen LogP contribution in [0.2, 0.25) is 0 Å². The van der Waals surface area contributed by atoms with Gasteiger partial charge in [-0.25, -0.2) is 13.1 Å². The van der Waals surface area contributed by atoms with Crippen molar-refractivity contribution in [3.05, 3.63) is 17.0 Å². The highest BCUT2D eigenvalue weighted by Crippen LogP contribution is 2.30. The number of likely N-dealkylation sites (N-methyl/N-ethyl adjacent to an activating group) is 1. The van der Waals surface area contributed by atoms with Crippen LogP contribution in [0.25, 0.3) is 0 Å². The third kappa shape index (κ3) is 4.04. The molecule has 2 N–H and O–H groups in total. The molecule has 0 aliphatic heterocycles. The molecule has 0 aromatic carbocycles. The second kappa shape index (κ2) is 6.56. The molecule has 1 aromatic rings. The summed E-state index contributed by atoms with van der Waals surface area (Å²) in [6, 6.07) is 3.64. The lowest BCUT2D eigenvalue weighted by Gasteiger charge is -2.33. The Bertz CT molecular complexity index is 531. The van der Waals surface area contributed by atoms with Crippen molar-refractivity contribution >= 4 is 21.4 Å². The third-order valence-electron chi connectivity index (χ3n) is 3.86. The summed E-state index contributed by atoms with van der Waals surface area (Å²) in [4.78, 5) is 1.11. The zero-order valence-corrected chi connectivity index (χ0v) is 13.9. The van der Waals surface area contributed by atoms with Crippen molar-refractivity contribution in [2.45, 2.75) is 55.2 Å². The first-order valence-electron chi connectivity index (χ1n) is 7.22. The number of nitrogens with one attached hydrogen (secondary N) is 2. The van der Waals surface area contributed by atoms with E-state index in [1.54, 1.807) is 6.07 Å². The first-order valence-corrected chi connectivity index (χ1v) is 9.52. The Labute approximate surface area is 126 Å². The molecule has 1 aliphatic carbocycles. The minimum Gasteiger partial charge on any atom is -0.319 e. The summed E-state index contributed by atoms with van der Waals surface area (Å²) in [7, 11) is -1.47. The Morgan fingerprint density at radius 3 is 2.60 bits per heavy atom. The summed E-state index contributed by atoms with van der Waals surface area (Å²) in [6.07, 6.45) is 6.17. The summed E-state index contributed by atoms with van der Waals surface area (Å²) < 4.78 is 28.3. The monoisotopic (exact) mass is 316 g/mol. The second-order valence-corrected chi connectivity index (χ2v) is 8.88. The lowest BCUT2D eigenvalue weighted by Crippen LogP contribution is -2.46. The van der Waals surface area contributed by atoms with Gasteiger partial charge >= 0.3 is 0 Å². The maximum atomic E-state index is 12.5. The van der Waals surface area contributed by atoms with Gasteiger partial charge in [-0.15, -0.1) is 11.3 Å². The van der Waals surface area contributed by atoms with E-state index in [1.165, 1.54) is 17.8 Å². The average molecular weight is 316 g/mol. The van der Waals surface area contributed by atoms with E-state index in [4.69, 9.17) is 0 Å². The van der Waals surface area contributed by atoms with Crippen LogP contribution in [0.1, 0.15) is 43.9 Å². The molecule has 0 radical (unpaired) electrons. The van der Waals surface area contributed by atoms with E-state index >= 15 is 0 Å². The lowest BCUT2D eigenvalue weighted by molar-refractivity contribution is 0.294. The summed E-state index contributed by atoms with van der Waals surface area (Å²) >= 11 is 1.38. The molecular weight excluding hydrogens is 292 g/mol. The van der Waals surface area contributed by atoms with E-state index in [2.05, 4.69) is 10.0 Å². The molecule has 1 aromatic heterocycles. The minimum absolute atomic E-state index is 0.272. The van der Waals surface area contributed by atoms with Gasteiger partial charge in [0.05, 0.1) is 0 Å². The summed E-state index contributed by atoms with van der Waals surface area (Å²) in [6.45, 7) is 2.89. The SMILES string of the molecule is CNCCc1ccc(S(=O)(=O)NC2(C)CCCCC2)s1. The van der Waals surface area contributed by atoms with Crippen molar-refractivity contribution in [2.24, 2.45) is 0 Å². The Morgan fingerprint density at radius 1 is 1.25 bits per heavy atom. The molecule has 1 aliphatic rings. The molecule has 0 spiro atoms. The van der Waals surface area contributed by atoms with Gasteiger partial charge in [-0.2, -0.15) is 0 Å². The van der Waals surface area contributed by atoms with Gasteiger partial charge in [-0.05, 0) is 51.9 Å². The molecule has 4 nitrogen and oxygen atoms in total. The Morgan fingerprint density at radius 2 is 1.95 bits per heavy atom. The average Bonchev–Trinajstić information content (AvgIpc) is 2.85. The first kappa shape index (κ1) is 15.9. The second-order valence-electron chi connectivity index (χ2n) is 5.80. The Hall–Kier alpha value is -0.430. The maximum Gasteiger partial charge on any atom is 0.250 e. The smallest absolute Gasteiger partial charge is 0.250 e. The predicted octanol–water partition coefficient (Wildman–Crippen LogP) is 2.51. The van der Waals surface area contributed by atoms with Gasteiger partial charge in [0.2, 0.25) is 0 Å². The fourth-order valence-corrected chi connectivity index (χ4v) is 5.51. The van der Waals surface area contributed by atoms with E-state index < -0.39 is 10.0 Å². The topological polar surface area (TPSA) is 58.2 Å². The van der Waals surface area contributed by atoms with Crippen molar-refractivity contribution < 1.29 is 8.42 Å². The van der Waals surface area contributed by atoms with Gasteiger partial charge < -0.3 is 5.32 Å². The zero-order chi connectivity index (χ0) is 14.6. The lowest BCUT2D eigenvalue weighted by atomic mass is 9.84. The van der Waals surface area contributed by atoms with Gasteiger partial charge in [-0.1, -0.05) is 19.3 Å². The standard InChI is InChI=1S/C14H24N2O2S2/c1-14(9-4-3-5-10-14)16-20(17,18)13-7-6-12(19-13)8-11-15-2/h6-7,15-16H,3-5,8-11H2,1-2H3. The van der Waals surface area contributed by atoms with Crippen LogP contribution >= 0.6 is 11.3 Å². The van der Waals surface area contributed by atoms with Crippen LogP contribution in [0, 0.1) is 0 Å². The minimum atomic E-state index is -3.37. The molecule has 0 saturated heterocycles. The molecule has 1 fully saturated rings. The van der Waals surface area contributed by atoms with Crippen LogP contribution in [0.15, 0.2) is 16.3 Å². The first-order chi connectivity index (χ1) is 9.45. The highest BCUT2D eigenvalue weighted by atomic mass is 32.2. The van der Waals surface area contributed by atoms with Crippen LogP contribution in [0.5, 0.6) is 0 Å². The number of hydrogen-bond donors (Lipinski definition) is 2. The largest absolute Gasteiger partial charge is 0.319 e. The fraction of sp³-hybridized carbons (Fsp3) is 0.714. The third-order valence-corrected chi connectivity index (χ3v) is 7.14. The Kier molecular flexibility index (Phi) is 5.23. The number of rotatable bonds is 6. The van der Waals surface area contributed by atoms with Crippen molar-refractivity contribution in [3.63, 3.8) is 0 Å². The molecule has 2 rings (SSSR count). The van der Waals surface area contributed by atoms with E-state index in [1.807, 2.05) is 20.0 Å². The van der Waals surface area contributed by atoms with Crippen LogP contribution in [-0.2, 0) is 16.4 Å². The predicted molar refractivity (Wildman–Crippen MR) is 83.8 cm³/mol. The van der Waals surface area contributed by atoms with Crippen LogP contribution in [0.4, 0.5) is 0 Å². The van der Waals surface area contributed by atoms with Gasteiger partial charge in [0.25, 0.3) is 10.0 Å². The van der Waals surface area contributed by atoms with E-state index in [9.17, 15) is 8.42 Å². The molecule has 0 bridgehead atoms. The van der Waals surface area contributed by atoms with E-state index in [-0.39, 0.29) is 5.54 Å². The zero-order valence-electron chi connectivity index (χ0n) is 12.2.